The monoisotopic (exact) mass is 254 g/mol. The van der Waals surface area contributed by atoms with Gasteiger partial charge >= 0.3 is 7.12 Å². The lowest BCUT2D eigenvalue weighted by molar-refractivity contribution is 0.426. The average molecular weight is 254 g/mol. The van der Waals surface area contributed by atoms with Crippen LogP contribution in [-0.2, 0) is 0 Å². The van der Waals surface area contributed by atoms with Crippen LogP contribution in [0, 0.1) is 0 Å². The molecule has 0 aliphatic rings. The lowest BCUT2D eigenvalue weighted by Crippen LogP contribution is -2.30. The molecule has 0 radical (unpaired) electrons. The Balaban J connectivity index is 2.47. The van der Waals surface area contributed by atoms with Gasteiger partial charge in [0.05, 0.1) is 0 Å². The zero-order valence-electron chi connectivity index (χ0n) is 10.9. The topological polar surface area (TPSA) is 53.6 Å². The third-order valence-corrected chi connectivity index (χ3v) is 3.49. The highest BCUT2D eigenvalue weighted by Gasteiger charge is 2.20. The molecule has 2 N–H and O–H groups in total. The van der Waals surface area contributed by atoms with Crippen molar-refractivity contribution in [3.8, 4) is 0 Å². The maximum atomic E-state index is 9.49. The van der Waals surface area contributed by atoms with E-state index in [1.165, 1.54) is 0 Å². The Hall–Kier alpha value is -1.78. The number of furan rings is 1. The van der Waals surface area contributed by atoms with Crippen molar-refractivity contribution in [3.05, 3.63) is 42.0 Å². The van der Waals surface area contributed by atoms with E-state index in [1.807, 2.05) is 24.3 Å². The average Bonchev–Trinajstić information content (AvgIpc) is 2.76. The van der Waals surface area contributed by atoms with E-state index in [0.29, 0.717) is 17.0 Å². The minimum absolute atomic E-state index is 0.353. The van der Waals surface area contributed by atoms with Gasteiger partial charge in [0, 0.05) is 10.8 Å². The predicted molar refractivity (Wildman–Crippen MR) is 77.6 cm³/mol. The SMILES string of the molecule is CC(C)c1cccc2c1oc1cccc(B(O)O)c12. The van der Waals surface area contributed by atoms with Gasteiger partial charge in [0.2, 0.25) is 0 Å². The molecule has 3 aromatic rings. The van der Waals surface area contributed by atoms with Crippen LogP contribution in [0.1, 0.15) is 25.3 Å². The van der Waals surface area contributed by atoms with Crippen molar-refractivity contribution in [2.45, 2.75) is 19.8 Å². The summed E-state index contributed by atoms with van der Waals surface area (Å²) in [5, 5.41) is 20.7. The van der Waals surface area contributed by atoms with Crippen LogP contribution < -0.4 is 5.46 Å². The van der Waals surface area contributed by atoms with Gasteiger partial charge in [-0.2, -0.15) is 0 Å². The Morgan fingerprint density at radius 1 is 1.05 bits per heavy atom. The molecule has 19 heavy (non-hydrogen) atoms. The van der Waals surface area contributed by atoms with E-state index in [-0.39, 0.29) is 0 Å². The fourth-order valence-electron chi connectivity index (χ4n) is 2.57. The van der Waals surface area contributed by atoms with Crippen LogP contribution >= 0.6 is 0 Å². The zero-order valence-corrected chi connectivity index (χ0v) is 10.9. The summed E-state index contributed by atoms with van der Waals surface area (Å²) in [7, 11) is -1.49. The molecule has 4 heteroatoms. The second-order valence-corrected chi connectivity index (χ2v) is 5.07. The minimum Gasteiger partial charge on any atom is -0.456 e. The van der Waals surface area contributed by atoms with Gasteiger partial charge in [-0.05, 0) is 23.0 Å². The van der Waals surface area contributed by atoms with E-state index in [1.54, 1.807) is 12.1 Å². The van der Waals surface area contributed by atoms with Crippen molar-refractivity contribution in [2.24, 2.45) is 0 Å². The van der Waals surface area contributed by atoms with Crippen molar-refractivity contribution < 1.29 is 14.5 Å². The molecule has 3 nitrogen and oxygen atoms in total. The number of para-hydroxylation sites is 1. The van der Waals surface area contributed by atoms with Gasteiger partial charge in [0.25, 0.3) is 0 Å². The number of rotatable bonds is 2. The van der Waals surface area contributed by atoms with E-state index in [2.05, 4.69) is 13.8 Å². The Kier molecular flexibility index (Phi) is 2.84. The fraction of sp³-hybridized carbons (Fsp3) is 0.200. The van der Waals surface area contributed by atoms with Gasteiger partial charge in [-0.25, -0.2) is 0 Å². The zero-order chi connectivity index (χ0) is 13.6. The summed E-state index contributed by atoms with van der Waals surface area (Å²) in [5.74, 6) is 0.353. The molecule has 3 rings (SSSR count). The van der Waals surface area contributed by atoms with Gasteiger partial charge in [0.15, 0.2) is 0 Å². The second kappa shape index (κ2) is 4.40. The van der Waals surface area contributed by atoms with Gasteiger partial charge < -0.3 is 14.5 Å². The maximum Gasteiger partial charge on any atom is 0.489 e. The van der Waals surface area contributed by atoms with Crippen LogP contribution in [0.15, 0.2) is 40.8 Å². The van der Waals surface area contributed by atoms with Gasteiger partial charge in [-0.3, -0.25) is 0 Å². The quantitative estimate of drug-likeness (QED) is 0.690. The fourth-order valence-corrected chi connectivity index (χ4v) is 2.57. The number of benzene rings is 2. The molecule has 0 unspecified atom stereocenters. The highest BCUT2D eigenvalue weighted by molar-refractivity contribution is 6.62. The van der Waals surface area contributed by atoms with Gasteiger partial charge in [0.1, 0.15) is 11.2 Å². The summed E-state index contributed by atoms with van der Waals surface area (Å²) in [4.78, 5) is 0. The largest absolute Gasteiger partial charge is 0.489 e. The van der Waals surface area contributed by atoms with Crippen LogP contribution in [0.2, 0.25) is 0 Å². The molecule has 1 heterocycles. The first-order valence-electron chi connectivity index (χ1n) is 6.39. The number of hydrogen-bond acceptors (Lipinski definition) is 3. The summed E-state index contributed by atoms with van der Waals surface area (Å²) in [6.45, 7) is 4.23. The Bertz CT molecular complexity index is 744. The summed E-state index contributed by atoms with van der Waals surface area (Å²) in [6, 6.07) is 11.3. The summed E-state index contributed by atoms with van der Waals surface area (Å²) in [5.41, 5.74) is 3.14. The Morgan fingerprint density at radius 3 is 2.47 bits per heavy atom. The summed E-state index contributed by atoms with van der Waals surface area (Å²) in [6.07, 6.45) is 0. The first kappa shape index (κ1) is 12.3. The molecule has 0 saturated heterocycles. The molecule has 1 aromatic heterocycles. The standard InChI is InChI=1S/C15H15BO3/c1-9(2)10-5-3-6-11-14-12(16(17)18)7-4-8-13(14)19-15(10)11/h3-9,17-18H,1-2H3. The molecule has 0 saturated carbocycles. The molecule has 0 bridgehead atoms. The number of fused-ring (bicyclic) bond motifs is 3. The molecule has 2 aromatic carbocycles. The Labute approximate surface area is 111 Å². The van der Waals surface area contributed by atoms with Crippen molar-refractivity contribution in [2.75, 3.05) is 0 Å². The second-order valence-electron chi connectivity index (χ2n) is 5.07. The third-order valence-electron chi connectivity index (χ3n) is 3.49. The highest BCUT2D eigenvalue weighted by Crippen LogP contribution is 2.32. The van der Waals surface area contributed by atoms with Crippen molar-refractivity contribution in [3.63, 3.8) is 0 Å². The van der Waals surface area contributed by atoms with Crippen LogP contribution in [0.25, 0.3) is 21.9 Å². The molecule has 0 atom stereocenters. The summed E-state index contributed by atoms with van der Waals surface area (Å²) >= 11 is 0. The van der Waals surface area contributed by atoms with Gasteiger partial charge in [-0.15, -0.1) is 0 Å². The molecule has 0 aliphatic carbocycles. The van der Waals surface area contributed by atoms with Crippen LogP contribution in [0.3, 0.4) is 0 Å². The highest BCUT2D eigenvalue weighted by atomic mass is 16.4. The van der Waals surface area contributed by atoms with E-state index in [9.17, 15) is 10.0 Å². The van der Waals surface area contributed by atoms with Crippen LogP contribution in [0.4, 0.5) is 0 Å². The van der Waals surface area contributed by atoms with E-state index < -0.39 is 7.12 Å². The molecule has 96 valence electrons. The summed E-state index contributed by atoms with van der Waals surface area (Å²) < 4.78 is 5.91. The smallest absolute Gasteiger partial charge is 0.456 e. The van der Waals surface area contributed by atoms with Crippen molar-refractivity contribution >= 4 is 34.5 Å². The molecule has 0 aliphatic heterocycles. The van der Waals surface area contributed by atoms with E-state index in [0.717, 1.165) is 21.9 Å². The molecule has 0 spiro atoms. The molecule has 0 fully saturated rings. The molecular formula is C15H15BO3. The van der Waals surface area contributed by atoms with E-state index >= 15 is 0 Å². The normalized spacial score (nSPS) is 11.6. The maximum absolute atomic E-state index is 9.49. The van der Waals surface area contributed by atoms with Gasteiger partial charge in [-0.1, -0.05) is 44.2 Å². The van der Waals surface area contributed by atoms with E-state index in [4.69, 9.17) is 4.42 Å². The predicted octanol–water partition coefficient (Wildman–Crippen LogP) is 2.39. The minimum atomic E-state index is -1.49. The van der Waals surface area contributed by atoms with Crippen molar-refractivity contribution in [1.82, 2.24) is 0 Å². The lowest BCUT2D eigenvalue weighted by Gasteiger charge is -2.05. The van der Waals surface area contributed by atoms with Crippen LogP contribution in [-0.4, -0.2) is 17.2 Å². The lowest BCUT2D eigenvalue weighted by atomic mass is 9.77. The Morgan fingerprint density at radius 2 is 1.79 bits per heavy atom. The molecular weight excluding hydrogens is 239 g/mol. The first-order chi connectivity index (χ1) is 9.09. The third kappa shape index (κ3) is 1.84. The van der Waals surface area contributed by atoms with Crippen molar-refractivity contribution in [1.29, 1.82) is 0 Å². The molecule has 0 amide bonds. The first-order valence-corrected chi connectivity index (χ1v) is 6.39. The number of hydrogen-bond donors (Lipinski definition) is 2. The van der Waals surface area contributed by atoms with Crippen LogP contribution in [0.5, 0.6) is 0 Å².